The quantitative estimate of drug-likeness (QED) is 0.806. The Labute approximate surface area is 94.8 Å². The van der Waals surface area contributed by atoms with Gasteiger partial charge in [0.15, 0.2) is 0 Å². The van der Waals surface area contributed by atoms with Crippen molar-refractivity contribution in [2.75, 3.05) is 25.2 Å². The number of thioether (sulfide) groups is 1. The van der Waals surface area contributed by atoms with Gasteiger partial charge in [-0.3, -0.25) is 0 Å². The zero-order valence-corrected chi connectivity index (χ0v) is 10.2. The molecule has 0 aliphatic rings. The first-order valence-corrected chi connectivity index (χ1v) is 6.18. The minimum atomic E-state index is 0.588. The molecule has 1 aromatic heterocycles. The van der Waals surface area contributed by atoms with E-state index in [0.29, 0.717) is 17.1 Å². The summed E-state index contributed by atoms with van der Waals surface area (Å²) >= 11 is 1.86. The number of ether oxygens (including phenoxy) is 1. The van der Waals surface area contributed by atoms with Crippen LogP contribution in [0.2, 0.25) is 0 Å². The molecular formula is C10H17N3OS. The Balaban J connectivity index is 2.37. The van der Waals surface area contributed by atoms with E-state index in [0.717, 1.165) is 13.0 Å². The first-order valence-electron chi connectivity index (χ1n) is 4.90. The van der Waals surface area contributed by atoms with Gasteiger partial charge in [-0.15, -0.1) is 0 Å². The fourth-order valence-electron chi connectivity index (χ4n) is 1.05. The van der Waals surface area contributed by atoms with Gasteiger partial charge in [0.2, 0.25) is 11.8 Å². The third-order valence-corrected chi connectivity index (χ3v) is 3.12. The fourth-order valence-corrected chi connectivity index (χ4v) is 1.40. The molecule has 0 saturated heterocycles. The highest BCUT2D eigenvalue weighted by Crippen LogP contribution is 2.10. The number of anilines is 1. The minimum absolute atomic E-state index is 0.588. The molecule has 1 aromatic rings. The second-order valence-corrected chi connectivity index (χ2v) is 4.46. The van der Waals surface area contributed by atoms with Gasteiger partial charge in [-0.25, -0.2) is 4.98 Å². The Bertz CT molecular complexity index is 296. The smallest absolute Gasteiger partial charge is 0.225 e. The van der Waals surface area contributed by atoms with E-state index in [1.807, 2.05) is 11.8 Å². The first-order chi connectivity index (χ1) is 7.26. The van der Waals surface area contributed by atoms with E-state index in [-0.39, 0.29) is 0 Å². The van der Waals surface area contributed by atoms with Crippen LogP contribution in [0.25, 0.3) is 0 Å². The average Bonchev–Trinajstić information content (AvgIpc) is 2.29. The van der Waals surface area contributed by atoms with Crippen molar-refractivity contribution in [3.63, 3.8) is 0 Å². The summed E-state index contributed by atoms with van der Waals surface area (Å²) in [6, 6.07) is 1.73. The molecule has 0 aromatic carbocycles. The van der Waals surface area contributed by atoms with Crippen LogP contribution < -0.4 is 10.1 Å². The third-order valence-electron chi connectivity index (χ3n) is 2.08. The number of nitrogens with one attached hydrogen (secondary N) is 1. The molecule has 0 radical (unpaired) electrons. The van der Waals surface area contributed by atoms with E-state index < -0.39 is 0 Å². The molecule has 1 N–H and O–H groups in total. The molecule has 0 aliphatic carbocycles. The van der Waals surface area contributed by atoms with Crippen LogP contribution in [-0.2, 0) is 0 Å². The maximum absolute atomic E-state index is 5.01. The van der Waals surface area contributed by atoms with E-state index in [1.165, 1.54) is 0 Å². The highest BCUT2D eigenvalue weighted by molar-refractivity contribution is 7.99. The molecular weight excluding hydrogens is 210 g/mol. The number of nitrogens with zero attached hydrogens (tertiary/aromatic N) is 2. The zero-order chi connectivity index (χ0) is 11.1. The molecule has 0 aliphatic heterocycles. The Morgan fingerprint density at radius 3 is 3.07 bits per heavy atom. The zero-order valence-electron chi connectivity index (χ0n) is 9.36. The highest BCUT2D eigenvalue weighted by Gasteiger charge is 2.01. The summed E-state index contributed by atoms with van der Waals surface area (Å²) in [5, 5.41) is 3.82. The molecule has 0 fully saturated rings. The summed E-state index contributed by atoms with van der Waals surface area (Å²) in [4.78, 5) is 8.26. The van der Waals surface area contributed by atoms with Gasteiger partial charge >= 0.3 is 0 Å². The van der Waals surface area contributed by atoms with Crippen LogP contribution >= 0.6 is 11.8 Å². The number of methoxy groups -OCH3 is 1. The van der Waals surface area contributed by atoms with Crippen LogP contribution in [-0.4, -0.2) is 35.1 Å². The number of hydrogen-bond acceptors (Lipinski definition) is 5. The Morgan fingerprint density at radius 1 is 1.60 bits per heavy atom. The van der Waals surface area contributed by atoms with Gasteiger partial charge in [-0.1, -0.05) is 6.92 Å². The maximum atomic E-state index is 5.01. The molecule has 15 heavy (non-hydrogen) atoms. The summed E-state index contributed by atoms with van der Waals surface area (Å²) in [6.45, 7) is 3.09. The second-order valence-electron chi connectivity index (χ2n) is 3.18. The van der Waals surface area contributed by atoms with Crippen LogP contribution in [0.1, 0.15) is 13.3 Å². The van der Waals surface area contributed by atoms with Crippen LogP contribution in [0, 0.1) is 0 Å². The SMILES string of the molecule is COc1ccnc(NCCC(C)SC)n1. The van der Waals surface area contributed by atoms with Gasteiger partial charge in [0.1, 0.15) is 0 Å². The van der Waals surface area contributed by atoms with Crippen molar-refractivity contribution < 1.29 is 4.74 Å². The molecule has 0 spiro atoms. The molecule has 5 heteroatoms. The van der Waals surface area contributed by atoms with Crippen molar-refractivity contribution in [2.45, 2.75) is 18.6 Å². The predicted molar refractivity (Wildman–Crippen MR) is 64.7 cm³/mol. The maximum Gasteiger partial charge on any atom is 0.225 e. The Hall–Kier alpha value is -0.970. The van der Waals surface area contributed by atoms with Crippen molar-refractivity contribution in [1.29, 1.82) is 0 Å². The number of rotatable bonds is 6. The standard InChI is InChI=1S/C10H17N3OS/c1-8(15-3)4-6-11-10-12-7-5-9(13-10)14-2/h5,7-8H,4,6H2,1-3H3,(H,11,12,13). The topological polar surface area (TPSA) is 47.0 Å². The molecule has 1 atom stereocenters. The third kappa shape index (κ3) is 4.38. The fraction of sp³-hybridized carbons (Fsp3) is 0.600. The summed E-state index contributed by atoms with van der Waals surface area (Å²) in [7, 11) is 1.60. The van der Waals surface area contributed by atoms with Crippen molar-refractivity contribution in [3.05, 3.63) is 12.3 Å². The van der Waals surface area contributed by atoms with Crippen molar-refractivity contribution in [3.8, 4) is 5.88 Å². The van der Waals surface area contributed by atoms with Crippen molar-refractivity contribution >= 4 is 17.7 Å². The highest BCUT2D eigenvalue weighted by atomic mass is 32.2. The lowest BCUT2D eigenvalue weighted by Crippen LogP contribution is -2.10. The van der Waals surface area contributed by atoms with E-state index in [4.69, 9.17) is 4.74 Å². The van der Waals surface area contributed by atoms with E-state index in [9.17, 15) is 0 Å². The lowest BCUT2D eigenvalue weighted by Gasteiger charge is -2.09. The van der Waals surface area contributed by atoms with Gasteiger partial charge < -0.3 is 10.1 Å². The molecule has 1 heterocycles. The van der Waals surface area contributed by atoms with Crippen LogP contribution in [0.4, 0.5) is 5.95 Å². The van der Waals surface area contributed by atoms with Gasteiger partial charge in [0.05, 0.1) is 7.11 Å². The molecule has 0 amide bonds. The van der Waals surface area contributed by atoms with E-state index >= 15 is 0 Å². The molecule has 0 bridgehead atoms. The van der Waals surface area contributed by atoms with Crippen LogP contribution in [0.5, 0.6) is 5.88 Å². The van der Waals surface area contributed by atoms with Crippen LogP contribution in [0.3, 0.4) is 0 Å². The normalized spacial score (nSPS) is 12.2. The van der Waals surface area contributed by atoms with Gasteiger partial charge in [-0.2, -0.15) is 16.7 Å². The van der Waals surface area contributed by atoms with Gasteiger partial charge in [0, 0.05) is 24.1 Å². The lowest BCUT2D eigenvalue weighted by atomic mass is 10.3. The minimum Gasteiger partial charge on any atom is -0.481 e. The van der Waals surface area contributed by atoms with E-state index in [2.05, 4.69) is 28.5 Å². The molecule has 0 saturated carbocycles. The molecule has 84 valence electrons. The number of hydrogen-bond donors (Lipinski definition) is 1. The molecule has 4 nitrogen and oxygen atoms in total. The predicted octanol–water partition coefficient (Wildman–Crippen LogP) is 2.04. The van der Waals surface area contributed by atoms with Crippen molar-refractivity contribution in [1.82, 2.24) is 9.97 Å². The Kier molecular flexibility index (Phi) is 5.25. The number of aromatic nitrogens is 2. The van der Waals surface area contributed by atoms with Crippen LogP contribution in [0.15, 0.2) is 12.3 Å². The lowest BCUT2D eigenvalue weighted by molar-refractivity contribution is 0.397. The Morgan fingerprint density at radius 2 is 2.40 bits per heavy atom. The van der Waals surface area contributed by atoms with E-state index in [1.54, 1.807) is 19.4 Å². The molecule has 1 rings (SSSR count). The van der Waals surface area contributed by atoms with Crippen molar-refractivity contribution in [2.24, 2.45) is 0 Å². The monoisotopic (exact) mass is 227 g/mol. The largest absolute Gasteiger partial charge is 0.481 e. The molecule has 1 unspecified atom stereocenters. The summed E-state index contributed by atoms with van der Waals surface area (Å²) in [5.41, 5.74) is 0. The van der Waals surface area contributed by atoms with Gasteiger partial charge in [-0.05, 0) is 12.7 Å². The first kappa shape index (κ1) is 12.1. The summed E-state index contributed by atoms with van der Waals surface area (Å²) in [6.07, 6.45) is 4.90. The summed E-state index contributed by atoms with van der Waals surface area (Å²) < 4.78 is 5.01. The average molecular weight is 227 g/mol. The summed E-state index contributed by atoms with van der Waals surface area (Å²) in [5.74, 6) is 1.22. The van der Waals surface area contributed by atoms with Gasteiger partial charge in [0.25, 0.3) is 0 Å². The second kappa shape index (κ2) is 6.50.